The Kier molecular flexibility index (Phi) is 6.95. The van der Waals surface area contributed by atoms with E-state index in [0.29, 0.717) is 19.0 Å². The largest absolute Gasteiger partial charge is 0.459 e. The van der Waals surface area contributed by atoms with Crippen LogP contribution in [0.3, 0.4) is 0 Å². The first-order valence-corrected chi connectivity index (χ1v) is 7.82. The van der Waals surface area contributed by atoms with Crippen LogP contribution in [0.2, 0.25) is 0 Å². The number of esters is 1. The number of nitrogens with two attached hydrogens (primary N) is 2. The van der Waals surface area contributed by atoms with Crippen LogP contribution in [0.1, 0.15) is 59.3 Å². The molecule has 1 aliphatic rings. The fourth-order valence-electron chi connectivity index (χ4n) is 2.52. The average molecular weight is 298 g/mol. The van der Waals surface area contributed by atoms with Crippen LogP contribution in [0.25, 0.3) is 0 Å². The number of guanidine groups is 1. The Labute approximate surface area is 127 Å². The zero-order valence-electron chi connectivity index (χ0n) is 13.5. The van der Waals surface area contributed by atoms with Gasteiger partial charge in [-0.25, -0.2) is 0 Å². The monoisotopic (exact) mass is 298 g/mol. The molecule has 0 aromatic carbocycles. The first-order valence-electron chi connectivity index (χ1n) is 7.82. The molecule has 1 unspecified atom stereocenters. The van der Waals surface area contributed by atoms with Gasteiger partial charge in [-0.3, -0.25) is 9.79 Å². The van der Waals surface area contributed by atoms with Gasteiger partial charge in [-0.05, 0) is 46.5 Å². The average Bonchev–Trinajstić information content (AvgIpc) is 2.83. The summed E-state index contributed by atoms with van der Waals surface area (Å²) in [5.41, 5.74) is 10.1. The maximum absolute atomic E-state index is 12.3. The lowest BCUT2D eigenvalue weighted by atomic mass is 10.1. The van der Waals surface area contributed by atoms with Gasteiger partial charge in [0.15, 0.2) is 5.96 Å². The van der Waals surface area contributed by atoms with Gasteiger partial charge < -0.3 is 21.5 Å². The maximum atomic E-state index is 12.3. The number of hydrogen-bond acceptors (Lipinski definition) is 4. The van der Waals surface area contributed by atoms with E-state index in [1.165, 1.54) is 12.8 Å². The van der Waals surface area contributed by atoms with Crippen molar-refractivity contribution in [3.05, 3.63) is 0 Å². The predicted octanol–water partition coefficient (Wildman–Crippen LogP) is 1.28. The number of carbonyl (C=O) groups excluding carboxylic acids is 1. The molecule has 6 nitrogen and oxygen atoms in total. The molecule has 0 bridgehead atoms. The lowest BCUT2D eigenvalue weighted by molar-refractivity contribution is -0.158. The Balaban J connectivity index is 2.51. The molecule has 0 radical (unpaired) electrons. The lowest BCUT2D eigenvalue weighted by Gasteiger charge is -2.26. The number of nitrogens with zero attached hydrogens (tertiary/aromatic N) is 1. The minimum atomic E-state index is -0.466. The Hall–Kier alpha value is -1.30. The number of rotatable bonds is 7. The van der Waals surface area contributed by atoms with Crippen molar-refractivity contribution in [3.63, 3.8) is 0 Å². The molecular formula is C15H30N4O2. The van der Waals surface area contributed by atoms with Crippen LogP contribution in [0.4, 0.5) is 0 Å². The standard InChI is InChI=1S/C15H30N4O2/c1-15(2,3)21-13(20)12(9-6-10-18-14(16)17)19-11-7-4-5-8-11/h11-12,19H,4-10H2,1-3H3,(H4,16,17,18). The molecular weight excluding hydrogens is 268 g/mol. The number of nitrogens with one attached hydrogen (secondary N) is 1. The van der Waals surface area contributed by atoms with Gasteiger partial charge in [-0.15, -0.1) is 0 Å². The highest BCUT2D eigenvalue weighted by atomic mass is 16.6. The van der Waals surface area contributed by atoms with Gasteiger partial charge in [0.2, 0.25) is 0 Å². The molecule has 1 rings (SSSR count). The van der Waals surface area contributed by atoms with E-state index >= 15 is 0 Å². The molecule has 0 aliphatic heterocycles. The fraction of sp³-hybridized carbons (Fsp3) is 0.867. The Morgan fingerprint density at radius 1 is 1.33 bits per heavy atom. The SMILES string of the molecule is CC(C)(C)OC(=O)C(CCCN=C(N)N)NC1CCCC1. The summed E-state index contributed by atoms with van der Waals surface area (Å²) in [6.45, 7) is 6.19. The first kappa shape index (κ1) is 17.8. The second-order valence-electron chi connectivity index (χ2n) is 6.68. The third-order valence-electron chi connectivity index (χ3n) is 3.43. The zero-order chi connectivity index (χ0) is 15.9. The molecule has 21 heavy (non-hydrogen) atoms. The summed E-state index contributed by atoms with van der Waals surface area (Å²) in [4.78, 5) is 16.3. The molecule has 122 valence electrons. The smallest absolute Gasteiger partial charge is 0.323 e. The molecule has 0 heterocycles. The normalized spacial score (nSPS) is 17.5. The quantitative estimate of drug-likeness (QED) is 0.284. The highest BCUT2D eigenvalue weighted by molar-refractivity contribution is 5.76. The van der Waals surface area contributed by atoms with Gasteiger partial charge in [0.05, 0.1) is 0 Å². The summed E-state index contributed by atoms with van der Waals surface area (Å²) in [6.07, 6.45) is 6.16. The van der Waals surface area contributed by atoms with E-state index in [0.717, 1.165) is 19.3 Å². The van der Waals surface area contributed by atoms with Gasteiger partial charge in [-0.2, -0.15) is 0 Å². The Bertz CT molecular complexity index is 353. The summed E-state index contributed by atoms with van der Waals surface area (Å²) in [5, 5.41) is 3.44. The second kappa shape index (κ2) is 8.22. The van der Waals surface area contributed by atoms with Crippen LogP contribution in [-0.4, -0.2) is 36.2 Å². The number of hydrogen-bond donors (Lipinski definition) is 3. The molecule has 1 fully saturated rings. The van der Waals surface area contributed by atoms with Gasteiger partial charge in [0, 0.05) is 12.6 Å². The number of ether oxygens (including phenoxy) is 1. The van der Waals surface area contributed by atoms with Crippen LogP contribution in [0, 0.1) is 0 Å². The van der Waals surface area contributed by atoms with Crippen LogP contribution in [0.15, 0.2) is 4.99 Å². The van der Waals surface area contributed by atoms with Crippen LogP contribution >= 0.6 is 0 Å². The van der Waals surface area contributed by atoms with Gasteiger partial charge in [0.25, 0.3) is 0 Å². The number of aliphatic imine (C=N–C) groups is 1. The van der Waals surface area contributed by atoms with E-state index in [9.17, 15) is 4.79 Å². The highest BCUT2D eigenvalue weighted by Crippen LogP contribution is 2.20. The van der Waals surface area contributed by atoms with E-state index in [1.54, 1.807) is 0 Å². The molecule has 0 saturated heterocycles. The van der Waals surface area contributed by atoms with Gasteiger partial charge in [-0.1, -0.05) is 12.8 Å². The summed E-state index contributed by atoms with van der Waals surface area (Å²) >= 11 is 0. The van der Waals surface area contributed by atoms with Crippen molar-refractivity contribution in [1.29, 1.82) is 0 Å². The first-order chi connectivity index (χ1) is 9.78. The lowest BCUT2D eigenvalue weighted by Crippen LogP contribution is -2.45. The van der Waals surface area contributed by atoms with Crippen molar-refractivity contribution in [2.45, 2.75) is 77.0 Å². The summed E-state index contributed by atoms with van der Waals surface area (Å²) in [7, 11) is 0. The number of carbonyl (C=O) groups is 1. The van der Waals surface area contributed by atoms with Crippen molar-refractivity contribution in [1.82, 2.24) is 5.32 Å². The summed E-state index contributed by atoms with van der Waals surface area (Å²) < 4.78 is 5.50. The van der Waals surface area contributed by atoms with Crippen molar-refractivity contribution in [2.24, 2.45) is 16.5 Å². The Morgan fingerprint density at radius 3 is 2.48 bits per heavy atom. The van der Waals surface area contributed by atoms with E-state index in [4.69, 9.17) is 16.2 Å². The van der Waals surface area contributed by atoms with Crippen molar-refractivity contribution < 1.29 is 9.53 Å². The maximum Gasteiger partial charge on any atom is 0.323 e. The minimum absolute atomic E-state index is 0.0903. The highest BCUT2D eigenvalue weighted by Gasteiger charge is 2.27. The topological polar surface area (TPSA) is 103 Å². The molecule has 1 aliphatic carbocycles. The Morgan fingerprint density at radius 2 is 1.95 bits per heavy atom. The van der Waals surface area contributed by atoms with Crippen molar-refractivity contribution in [3.8, 4) is 0 Å². The van der Waals surface area contributed by atoms with Crippen LogP contribution in [0.5, 0.6) is 0 Å². The fourth-order valence-corrected chi connectivity index (χ4v) is 2.52. The molecule has 5 N–H and O–H groups in total. The van der Waals surface area contributed by atoms with Crippen LogP contribution in [-0.2, 0) is 9.53 Å². The van der Waals surface area contributed by atoms with E-state index in [-0.39, 0.29) is 18.0 Å². The zero-order valence-corrected chi connectivity index (χ0v) is 13.5. The van der Waals surface area contributed by atoms with Gasteiger partial charge >= 0.3 is 5.97 Å². The molecule has 0 amide bonds. The summed E-state index contributed by atoms with van der Waals surface area (Å²) in [6, 6.07) is 0.145. The summed E-state index contributed by atoms with van der Waals surface area (Å²) in [5.74, 6) is -0.0910. The molecule has 0 aromatic heterocycles. The van der Waals surface area contributed by atoms with Crippen molar-refractivity contribution >= 4 is 11.9 Å². The predicted molar refractivity (Wildman–Crippen MR) is 84.9 cm³/mol. The molecule has 0 spiro atoms. The third-order valence-corrected chi connectivity index (χ3v) is 3.43. The second-order valence-corrected chi connectivity index (χ2v) is 6.68. The molecule has 1 atom stereocenters. The minimum Gasteiger partial charge on any atom is -0.459 e. The van der Waals surface area contributed by atoms with E-state index in [2.05, 4.69) is 10.3 Å². The van der Waals surface area contributed by atoms with Crippen LogP contribution < -0.4 is 16.8 Å². The molecule has 1 saturated carbocycles. The molecule has 0 aromatic rings. The molecule has 6 heteroatoms. The van der Waals surface area contributed by atoms with Gasteiger partial charge in [0.1, 0.15) is 11.6 Å². The van der Waals surface area contributed by atoms with E-state index < -0.39 is 5.60 Å². The van der Waals surface area contributed by atoms with Crippen molar-refractivity contribution in [2.75, 3.05) is 6.54 Å². The third kappa shape index (κ3) is 7.90. The van der Waals surface area contributed by atoms with E-state index in [1.807, 2.05) is 20.8 Å².